The van der Waals surface area contributed by atoms with Gasteiger partial charge in [-0.3, -0.25) is 4.79 Å². The molecule has 27 heavy (non-hydrogen) atoms. The largest absolute Gasteiger partial charge is 0.348 e. The van der Waals surface area contributed by atoms with Gasteiger partial charge in [-0.2, -0.15) is 0 Å². The van der Waals surface area contributed by atoms with Gasteiger partial charge in [0.25, 0.3) is 5.91 Å². The number of fused-ring (bicyclic) bond motifs is 4. The van der Waals surface area contributed by atoms with E-state index >= 15 is 0 Å². The number of aromatic nitrogens is 1. The van der Waals surface area contributed by atoms with Crippen LogP contribution in [0.2, 0.25) is 0 Å². The minimum atomic E-state index is 0.0508. The summed E-state index contributed by atoms with van der Waals surface area (Å²) in [5, 5.41) is 3.29. The van der Waals surface area contributed by atoms with Gasteiger partial charge in [0.1, 0.15) is 0 Å². The number of amides is 1. The van der Waals surface area contributed by atoms with Gasteiger partial charge in [-0.15, -0.1) is 0 Å². The molecule has 0 saturated carbocycles. The van der Waals surface area contributed by atoms with Crippen LogP contribution in [0.15, 0.2) is 54.9 Å². The predicted molar refractivity (Wildman–Crippen MR) is 108 cm³/mol. The average molecular weight is 359 g/mol. The third kappa shape index (κ3) is 3.04. The Kier molecular flexibility index (Phi) is 4.01. The van der Waals surface area contributed by atoms with Crippen molar-refractivity contribution in [3.8, 4) is 11.1 Å². The van der Waals surface area contributed by atoms with E-state index < -0.39 is 0 Å². The minimum Gasteiger partial charge on any atom is -0.348 e. The summed E-state index contributed by atoms with van der Waals surface area (Å²) in [7, 11) is 0. The van der Waals surface area contributed by atoms with E-state index in [1.165, 1.54) is 42.6 Å². The fourth-order valence-electron chi connectivity index (χ4n) is 4.67. The number of piperidine rings is 3. The van der Waals surface area contributed by atoms with E-state index in [1.54, 1.807) is 0 Å². The summed E-state index contributed by atoms with van der Waals surface area (Å²) in [6.45, 7) is 5.51. The molecule has 1 aromatic carbocycles. The Labute approximate surface area is 159 Å². The molecule has 1 amide bonds. The first-order valence-electron chi connectivity index (χ1n) is 9.88. The third-order valence-electron chi connectivity index (χ3n) is 6.28. The van der Waals surface area contributed by atoms with E-state index in [2.05, 4.69) is 64.1 Å². The summed E-state index contributed by atoms with van der Waals surface area (Å²) < 4.78 is 2.06. The molecule has 0 aliphatic carbocycles. The first kappa shape index (κ1) is 16.6. The first-order chi connectivity index (χ1) is 13.2. The molecule has 1 atom stereocenters. The molecular weight excluding hydrogens is 334 g/mol. The topological polar surface area (TPSA) is 36.8 Å². The van der Waals surface area contributed by atoms with Gasteiger partial charge in [0.15, 0.2) is 0 Å². The summed E-state index contributed by atoms with van der Waals surface area (Å²) in [5.74, 6) is 0.693. The molecule has 4 heteroatoms. The molecule has 5 heterocycles. The van der Waals surface area contributed by atoms with Crippen molar-refractivity contribution in [1.82, 2.24) is 14.6 Å². The molecule has 3 aliphatic rings. The quantitative estimate of drug-likeness (QED) is 0.773. The Balaban J connectivity index is 1.39. The van der Waals surface area contributed by atoms with Crippen molar-refractivity contribution >= 4 is 11.4 Å². The second kappa shape index (κ2) is 6.54. The van der Waals surface area contributed by atoms with Gasteiger partial charge in [-0.05, 0) is 67.6 Å². The Bertz CT molecular complexity index is 998. The lowest BCUT2D eigenvalue weighted by molar-refractivity contribution is 0.0620. The van der Waals surface area contributed by atoms with Gasteiger partial charge in [0.2, 0.25) is 0 Å². The van der Waals surface area contributed by atoms with Gasteiger partial charge in [0, 0.05) is 30.5 Å². The Morgan fingerprint density at radius 1 is 1.07 bits per heavy atom. The summed E-state index contributed by atoms with van der Waals surface area (Å²) in [5.41, 5.74) is 5.44. The predicted octanol–water partition coefficient (Wildman–Crippen LogP) is 3.74. The molecule has 3 fully saturated rings. The minimum absolute atomic E-state index is 0.0508. The molecule has 2 aromatic heterocycles. The zero-order chi connectivity index (χ0) is 18.4. The highest BCUT2D eigenvalue weighted by Gasteiger charge is 2.35. The Morgan fingerprint density at radius 2 is 1.89 bits per heavy atom. The number of carbonyl (C=O) groups excluding carboxylic acids is 1. The molecule has 2 bridgehead atoms. The van der Waals surface area contributed by atoms with Gasteiger partial charge >= 0.3 is 0 Å². The second-order valence-corrected chi connectivity index (χ2v) is 8.01. The molecular formula is C23H25N3O. The van der Waals surface area contributed by atoms with Crippen LogP contribution in [0.5, 0.6) is 0 Å². The van der Waals surface area contributed by atoms with Crippen LogP contribution >= 0.6 is 0 Å². The molecule has 4 nitrogen and oxygen atoms in total. The van der Waals surface area contributed by atoms with Gasteiger partial charge < -0.3 is 14.6 Å². The van der Waals surface area contributed by atoms with E-state index in [0.29, 0.717) is 12.0 Å². The highest BCUT2D eigenvalue weighted by molar-refractivity contribution is 5.96. The Morgan fingerprint density at radius 3 is 2.63 bits per heavy atom. The number of hydrogen-bond acceptors (Lipinski definition) is 2. The van der Waals surface area contributed by atoms with Crippen molar-refractivity contribution in [1.29, 1.82) is 0 Å². The number of nitrogens with zero attached hydrogens (tertiary/aromatic N) is 2. The van der Waals surface area contributed by atoms with Gasteiger partial charge in [0.05, 0.1) is 5.56 Å². The first-order valence-corrected chi connectivity index (χ1v) is 9.88. The molecule has 3 saturated heterocycles. The zero-order valence-electron chi connectivity index (χ0n) is 15.7. The number of benzene rings is 1. The maximum atomic E-state index is 12.8. The SMILES string of the molecule is Cc1ccccc1-c1ccc2cc(C(=O)N[C@H]3CN4CCC3CC4)cn2c1. The van der Waals surface area contributed by atoms with Crippen LogP contribution in [0.4, 0.5) is 0 Å². The molecule has 6 rings (SSSR count). The van der Waals surface area contributed by atoms with E-state index in [9.17, 15) is 4.79 Å². The number of hydrogen-bond donors (Lipinski definition) is 1. The van der Waals surface area contributed by atoms with Crippen LogP contribution in [0.3, 0.4) is 0 Å². The number of carbonyl (C=O) groups is 1. The number of rotatable bonds is 3. The summed E-state index contributed by atoms with van der Waals surface area (Å²) in [6, 6.07) is 14.9. The molecule has 0 radical (unpaired) electrons. The standard InChI is InChI=1S/C23H25N3O/c1-16-4-2-3-5-21(16)18-6-7-20-12-19(14-26(20)13-18)23(27)24-22-15-25-10-8-17(22)9-11-25/h2-7,12-14,17,22H,8-11,15H2,1H3,(H,24,27)/t22-/m0/s1. The molecule has 0 unspecified atom stereocenters. The van der Waals surface area contributed by atoms with Crippen LogP contribution < -0.4 is 5.32 Å². The lowest BCUT2D eigenvalue weighted by atomic mass is 9.84. The number of nitrogens with one attached hydrogen (secondary N) is 1. The van der Waals surface area contributed by atoms with Crippen LogP contribution in [0.25, 0.3) is 16.6 Å². The van der Waals surface area contributed by atoms with Crippen molar-refractivity contribution in [2.24, 2.45) is 5.92 Å². The van der Waals surface area contributed by atoms with Crippen molar-refractivity contribution < 1.29 is 4.79 Å². The smallest absolute Gasteiger partial charge is 0.253 e. The maximum absolute atomic E-state index is 12.8. The Hall–Kier alpha value is -2.59. The van der Waals surface area contributed by atoms with Crippen molar-refractivity contribution in [2.75, 3.05) is 19.6 Å². The molecule has 0 spiro atoms. The normalized spacial score (nSPS) is 24.3. The lowest BCUT2D eigenvalue weighted by Gasteiger charge is -2.44. The highest BCUT2D eigenvalue weighted by Crippen LogP contribution is 2.28. The second-order valence-electron chi connectivity index (χ2n) is 8.01. The van der Waals surface area contributed by atoms with Gasteiger partial charge in [-0.1, -0.05) is 30.3 Å². The number of aryl methyl sites for hydroxylation is 1. The summed E-state index contributed by atoms with van der Waals surface area (Å²) in [4.78, 5) is 15.3. The molecule has 3 aliphatic heterocycles. The van der Waals surface area contributed by atoms with E-state index in [-0.39, 0.29) is 5.91 Å². The van der Waals surface area contributed by atoms with E-state index in [0.717, 1.165) is 17.6 Å². The summed E-state index contributed by atoms with van der Waals surface area (Å²) in [6.07, 6.45) is 6.49. The third-order valence-corrected chi connectivity index (χ3v) is 6.28. The summed E-state index contributed by atoms with van der Waals surface area (Å²) >= 11 is 0. The lowest BCUT2D eigenvalue weighted by Crippen LogP contribution is -2.57. The average Bonchev–Trinajstić information content (AvgIpc) is 3.13. The van der Waals surface area contributed by atoms with Crippen LogP contribution in [0, 0.1) is 12.8 Å². The van der Waals surface area contributed by atoms with Crippen molar-refractivity contribution in [2.45, 2.75) is 25.8 Å². The van der Waals surface area contributed by atoms with Crippen molar-refractivity contribution in [3.63, 3.8) is 0 Å². The van der Waals surface area contributed by atoms with E-state index in [1.807, 2.05) is 12.3 Å². The molecule has 3 aromatic rings. The fourth-order valence-corrected chi connectivity index (χ4v) is 4.67. The maximum Gasteiger partial charge on any atom is 0.253 e. The fraction of sp³-hybridized carbons (Fsp3) is 0.348. The highest BCUT2D eigenvalue weighted by atomic mass is 16.1. The van der Waals surface area contributed by atoms with Crippen LogP contribution in [-0.4, -0.2) is 40.9 Å². The van der Waals surface area contributed by atoms with Gasteiger partial charge in [-0.25, -0.2) is 0 Å². The monoisotopic (exact) mass is 359 g/mol. The van der Waals surface area contributed by atoms with E-state index in [4.69, 9.17) is 0 Å². The van der Waals surface area contributed by atoms with Crippen LogP contribution in [0.1, 0.15) is 28.8 Å². The molecule has 138 valence electrons. The van der Waals surface area contributed by atoms with Crippen molar-refractivity contribution in [3.05, 3.63) is 66.0 Å². The van der Waals surface area contributed by atoms with Crippen LogP contribution in [-0.2, 0) is 0 Å². The zero-order valence-corrected chi connectivity index (χ0v) is 15.7. The molecule has 1 N–H and O–H groups in total. The number of pyridine rings is 1.